The molecule has 0 radical (unpaired) electrons. The summed E-state index contributed by atoms with van der Waals surface area (Å²) < 4.78 is 0. The summed E-state index contributed by atoms with van der Waals surface area (Å²) in [6.07, 6.45) is 4.67. The minimum absolute atomic E-state index is 0.753. The number of hydrogen-bond acceptors (Lipinski definition) is 4. The quantitative estimate of drug-likeness (QED) is 0.809. The van der Waals surface area contributed by atoms with E-state index in [1.807, 2.05) is 6.20 Å². The Hall–Kier alpha value is -1.13. The molecule has 0 aliphatic heterocycles. The molecule has 0 bridgehead atoms. The van der Waals surface area contributed by atoms with Crippen LogP contribution in [-0.2, 0) is 6.54 Å². The average molecular weight is 262 g/mol. The van der Waals surface area contributed by atoms with Gasteiger partial charge in [0.05, 0.1) is 0 Å². The van der Waals surface area contributed by atoms with Gasteiger partial charge in [-0.05, 0) is 51.1 Å². The van der Waals surface area contributed by atoms with Crippen molar-refractivity contribution in [1.29, 1.82) is 0 Å². The van der Waals surface area contributed by atoms with Gasteiger partial charge < -0.3 is 15.1 Å². The minimum atomic E-state index is 0.753. The number of likely N-dealkylation sites (N-methyl/N-ethyl adjacent to an activating group) is 2. The maximum absolute atomic E-state index is 4.62. The highest BCUT2D eigenvalue weighted by Crippen LogP contribution is 2.20. The molecular formula is C15H26N4. The molecule has 106 valence electrons. The highest BCUT2D eigenvalue weighted by Gasteiger charge is 2.20. The van der Waals surface area contributed by atoms with Gasteiger partial charge in [0.1, 0.15) is 5.82 Å². The fraction of sp³-hybridized carbons (Fsp3) is 0.667. The van der Waals surface area contributed by atoms with Crippen molar-refractivity contribution >= 4 is 5.82 Å². The third kappa shape index (κ3) is 4.48. The first-order valence-electron chi connectivity index (χ1n) is 7.11. The summed E-state index contributed by atoms with van der Waals surface area (Å²) in [5, 5.41) is 3.53. The lowest BCUT2D eigenvalue weighted by Gasteiger charge is -2.22. The highest BCUT2D eigenvalue weighted by molar-refractivity contribution is 5.46. The van der Waals surface area contributed by atoms with Gasteiger partial charge in [0.15, 0.2) is 0 Å². The van der Waals surface area contributed by atoms with Crippen molar-refractivity contribution in [2.75, 3.05) is 39.1 Å². The van der Waals surface area contributed by atoms with E-state index >= 15 is 0 Å². The average Bonchev–Trinajstić information content (AvgIpc) is 3.17. The molecule has 0 aromatic carbocycles. The minimum Gasteiger partial charge on any atom is -0.358 e. The number of pyridine rings is 1. The zero-order chi connectivity index (χ0) is 13.8. The van der Waals surface area contributed by atoms with Crippen LogP contribution in [0.3, 0.4) is 0 Å². The lowest BCUT2D eigenvalue weighted by Crippen LogP contribution is -2.29. The van der Waals surface area contributed by atoms with E-state index in [1.165, 1.54) is 24.0 Å². The fourth-order valence-corrected chi connectivity index (χ4v) is 2.13. The summed E-state index contributed by atoms with van der Waals surface area (Å²) in [4.78, 5) is 9.05. The Morgan fingerprint density at radius 2 is 2.00 bits per heavy atom. The molecule has 1 fully saturated rings. The largest absolute Gasteiger partial charge is 0.358 e. The van der Waals surface area contributed by atoms with Gasteiger partial charge in [-0.3, -0.25) is 0 Å². The van der Waals surface area contributed by atoms with Crippen molar-refractivity contribution < 1.29 is 0 Å². The Labute approximate surface area is 116 Å². The van der Waals surface area contributed by atoms with Gasteiger partial charge in [0.2, 0.25) is 0 Å². The molecule has 0 unspecified atom stereocenters. The summed E-state index contributed by atoms with van der Waals surface area (Å²) >= 11 is 0. The highest BCUT2D eigenvalue weighted by atomic mass is 15.2. The number of aryl methyl sites for hydroxylation is 1. The molecule has 0 atom stereocenters. The van der Waals surface area contributed by atoms with E-state index in [0.29, 0.717) is 0 Å². The van der Waals surface area contributed by atoms with Gasteiger partial charge in [0, 0.05) is 38.9 Å². The second-order valence-corrected chi connectivity index (χ2v) is 5.86. The number of anilines is 1. The summed E-state index contributed by atoms with van der Waals surface area (Å²) in [5.74, 6) is 1.09. The van der Waals surface area contributed by atoms with E-state index in [9.17, 15) is 0 Å². The Bertz CT molecular complexity index is 413. The molecule has 1 aliphatic carbocycles. The number of aromatic nitrogens is 1. The molecule has 4 heteroatoms. The van der Waals surface area contributed by atoms with Crippen LogP contribution < -0.4 is 10.2 Å². The zero-order valence-corrected chi connectivity index (χ0v) is 12.6. The van der Waals surface area contributed by atoms with Crippen molar-refractivity contribution in [3.05, 3.63) is 23.4 Å². The summed E-state index contributed by atoms with van der Waals surface area (Å²) in [6.45, 7) is 5.14. The standard InChI is InChI=1S/C15H26N4/c1-12-9-13(10-16-14-5-6-14)11-17-15(12)19(4)8-7-18(2)3/h9,11,14,16H,5-8,10H2,1-4H3. The van der Waals surface area contributed by atoms with Gasteiger partial charge in [-0.1, -0.05) is 0 Å². The third-order valence-electron chi connectivity index (χ3n) is 3.52. The van der Waals surface area contributed by atoms with E-state index in [2.05, 4.69) is 54.2 Å². The smallest absolute Gasteiger partial charge is 0.131 e. The zero-order valence-electron chi connectivity index (χ0n) is 12.6. The van der Waals surface area contributed by atoms with Gasteiger partial charge in [-0.15, -0.1) is 0 Å². The lowest BCUT2D eigenvalue weighted by atomic mass is 10.2. The molecule has 1 aromatic heterocycles. The van der Waals surface area contributed by atoms with Crippen molar-refractivity contribution in [2.45, 2.75) is 32.4 Å². The Morgan fingerprint density at radius 3 is 2.58 bits per heavy atom. The second-order valence-electron chi connectivity index (χ2n) is 5.86. The van der Waals surface area contributed by atoms with Gasteiger partial charge in [-0.2, -0.15) is 0 Å². The van der Waals surface area contributed by atoms with Crippen LogP contribution in [0.4, 0.5) is 5.82 Å². The van der Waals surface area contributed by atoms with Crippen LogP contribution in [0.5, 0.6) is 0 Å². The van der Waals surface area contributed by atoms with Crippen LogP contribution in [0, 0.1) is 6.92 Å². The predicted octanol–water partition coefficient (Wildman–Crippen LogP) is 1.64. The van der Waals surface area contributed by atoms with Crippen LogP contribution in [0.2, 0.25) is 0 Å². The van der Waals surface area contributed by atoms with Crippen molar-refractivity contribution in [3.8, 4) is 0 Å². The lowest BCUT2D eigenvalue weighted by molar-refractivity contribution is 0.416. The van der Waals surface area contributed by atoms with E-state index < -0.39 is 0 Å². The molecule has 0 spiro atoms. The molecule has 1 heterocycles. The van der Waals surface area contributed by atoms with Crippen molar-refractivity contribution in [1.82, 2.24) is 15.2 Å². The molecule has 1 saturated carbocycles. The molecule has 19 heavy (non-hydrogen) atoms. The first kappa shape index (κ1) is 14.3. The second kappa shape index (κ2) is 6.35. The molecule has 0 amide bonds. The number of nitrogens with zero attached hydrogens (tertiary/aromatic N) is 3. The maximum Gasteiger partial charge on any atom is 0.131 e. The van der Waals surface area contributed by atoms with Crippen LogP contribution in [0.1, 0.15) is 24.0 Å². The molecule has 1 aliphatic rings. The monoisotopic (exact) mass is 262 g/mol. The van der Waals surface area contributed by atoms with E-state index in [-0.39, 0.29) is 0 Å². The summed E-state index contributed by atoms with van der Waals surface area (Å²) in [7, 11) is 6.31. The normalized spacial score (nSPS) is 15.0. The fourth-order valence-electron chi connectivity index (χ4n) is 2.13. The van der Waals surface area contributed by atoms with E-state index in [1.54, 1.807) is 0 Å². The molecule has 4 nitrogen and oxygen atoms in total. The number of nitrogens with one attached hydrogen (secondary N) is 1. The molecule has 2 rings (SSSR count). The van der Waals surface area contributed by atoms with Crippen LogP contribution in [0.25, 0.3) is 0 Å². The summed E-state index contributed by atoms with van der Waals surface area (Å²) in [6, 6.07) is 3.01. The van der Waals surface area contributed by atoms with Crippen LogP contribution in [0.15, 0.2) is 12.3 Å². The SMILES string of the molecule is Cc1cc(CNC2CC2)cnc1N(C)CCN(C)C. The van der Waals surface area contributed by atoms with Crippen molar-refractivity contribution in [3.63, 3.8) is 0 Å². The first-order valence-corrected chi connectivity index (χ1v) is 7.11. The maximum atomic E-state index is 4.62. The van der Waals surface area contributed by atoms with Gasteiger partial charge in [0.25, 0.3) is 0 Å². The topological polar surface area (TPSA) is 31.4 Å². The van der Waals surface area contributed by atoms with E-state index in [4.69, 9.17) is 0 Å². The molecule has 1 N–H and O–H groups in total. The Kier molecular flexibility index (Phi) is 4.77. The van der Waals surface area contributed by atoms with Gasteiger partial charge in [-0.25, -0.2) is 4.98 Å². The molecule has 1 aromatic rings. The molecular weight excluding hydrogens is 236 g/mol. The number of rotatable bonds is 7. The Balaban J connectivity index is 1.92. The van der Waals surface area contributed by atoms with Crippen molar-refractivity contribution in [2.24, 2.45) is 0 Å². The predicted molar refractivity (Wildman–Crippen MR) is 80.7 cm³/mol. The van der Waals surface area contributed by atoms with Gasteiger partial charge >= 0.3 is 0 Å². The van der Waals surface area contributed by atoms with Crippen LogP contribution >= 0.6 is 0 Å². The molecule has 0 saturated heterocycles. The van der Waals surface area contributed by atoms with Crippen LogP contribution in [-0.4, -0.2) is 50.2 Å². The first-order chi connectivity index (χ1) is 9.06. The van der Waals surface area contributed by atoms with E-state index in [0.717, 1.165) is 31.5 Å². The number of hydrogen-bond donors (Lipinski definition) is 1. The third-order valence-corrected chi connectivity index (χ3v) is 3.52. The summed E-state index contributed by atoms with van der Waals surface area (Å²) in [5.41, 5.74) is 2.55. The Morgan fingerprint density at radius 1 is 1.26 bits per heavy atom.